The molecular formula is C30H24ClFN2O4S. The van der Waals surface area contributed by atoms with Crippen LogP contribution in [0.25, 0.3) is 6.08 Å². The summed E-state index contributed by atoms with van der Waals surface area (Å²) in [4.78, 5) is 32.2. The van der Waals surface area contributed by atoms with Gasteiger partial charge in [-0.15, -0.1) is 0 Å². The maximum Gasteiger partial charge on any atom is 0.338 e. The molecule has 1 aliphatic heterocycles. The zero-order chi connectivity index (χ0) is 27.5. The summed E-state index contributed by atoms with van der Waals surface area (Å²) in [5, 5.41) is 0.185. The molecule has 0 aliphatic carbocycles. The minimum Gasteiger partial charge on any atom is -0.494 e. The van der Waals surface area contributed by atoms with Gasteiger partial charge in [0.25, 0.3) is 5.56 Å². The first-order valence-corrected chi connectivity index (χ1v) is 13.5. The molecule has 0 N–H and O–H groups in total. The molecule has 0 radical (unpaired) electrons. The van der Waals surface area contributed by atoms with Gasteiger partial charge < -0.3 is 9.47 Å². The van der Waals surface area contributed by atoms with Crippen molar-refractivity contribution in [3.05, 3.63) is 131 Å². The Morgan fingerprint density at radius 1 is 1.10 bits per heavy atom. The van der Waals surface area contributed by atoms with Gasteiger partial charge in [0.2, 0.25) is 0 Å². The third-order valence-electron chi connectivity index (χ3n) is 6.24. The van der Waals surface area contributed by atoms with Gasteiger partial charge in [0, 0.05) is 5.56 Å². The molecule has 2 heterocycles. The first-order valence-electron chi connectivity index (χ1n) is 12.3. The number of halogens is 2. The largest absolute Gasteiger partial charge is 0.494 e. The Morgan fingerprint density at radius 3 is 2.54 bits per heavy atom. The van der Waals surface area contributed by atoms with Crippen LogP contribution >= 0.6 is 22.9 Å². The first kappa shape index (κ1) is 26.6. The lowest BCUT2D eigenvalue weighted by Crippen LogP contribution is -2.39. The molecule has 6 nitrogen and oxygen atoms in total. The molecule has 1 aliphatic rings. The van der Waals surface area contributed by atoms with E-state index in [-0.39, 0.29) is 27.3 Å². The fraction of sp³-hybridized carbons (Fsp3) is 0.167. The van der Waals surface area contributed by atoms with Gasteiger partial charge in [0.05, 0.1) is 33.5 Å². The van der Waals surface area contributed by atoms with E-state index in [0.29, 0.717) is 28.4 Å². The van der Waals surface area contributed by atoms with Crippen LogP contribution in [0.1, 0.15) is 36.6 Å². The number of fused-ring (bicyclic) bond motifs is 1. The molecule has 0 saturated carbocycles. The molecule has 3 aromatic carbocycles. The molecule has 0 bridgehead atoms. The summed E-state index contributed by atoms with van der Waals surface area (Å²) in [5.41, 5.74) is 1.89. The van der Waals surface area contributed by atoms with E-state index in [1.165, 1.54) is 22.8 Å². The third kappa shape index (κ3) is 5.44. The summed E-state index contributed by atoms with van der Waals surface area (Å²) >= 11 is 7.32. The number of esters is 1. The van der Waals surface area contributed by atoms with E-state index in [2.05, 4.69) is 4.99 Å². The highest BCUT2D eigenvalue weighted by Crippen LogP contribution is 2.32. The van der Waals surface area contributed by atoms with Gasteiger partial charge in [-0.1, -0.05) is 71.5 Å². The number of benzene rings is 3. The predicted octanol–water partition coefficient (Wildman–Crippen LogP) is 5.17. The van der Waals surface area contributed by atoms with Crippen LogP contribution in [-0.2, 0) is 16.1 Å². The summed E-state index contributed by atoms with van der Waals surface area (Å²) in [6, 6.07) is 20.1. The van der Waals surface area contributed by atoms with Crippen molar-refractivity contribution in [3.63, 3.8) is 0 Å². The Balaban J connectivity index is 1.63. The quantitative estimate of drug-likeness (QED) is 0.291. The van der Waals surface area contributed by atoms with Gasteiger partial charge in [-0.05, 0) is 55.3 Å². The lowest BCUT2D eigenvalue weighted by atomic mass is 9.96. The number of thiazole rings is 1. The molecule has 0 spiro atoms. The molecule has 5 rings (SSSR count). The van der Waals surface area contributed by atoms with Crippen molar-refractivity contribution in [1.29, 1.82) is 0 Å². The van der Waals surface area contributed by atoms with Crippen LogP contribution in [0.3, 0.4) is 0 Å². The van der Waals surface area contributed by atoms with Crippen molar-refractivity contribution in [2.45, 2.75) is 26.5 Å². The van der Waals surface area contributed by atoms with Crippen LogP contribution in [0.5, 0.6) is 5.75 Å². The van der Waals surface area contributed by atoms with Crippen LogP contribution in [-0.4, -0.2) is 17.1 Å². The second kappa shape index (κ2) is 11.4. The number of ether oxygens (including phenoxy) is 2. The molecule has 4 aromatic rings. The van der Waals surface area contributed by atoms with Crippen molar-refractivity contribution in [1.82, 2.24) is 4.57 Å². The Labute approximate surface area is 232 Å². The van der Waals surface area contributed by atoms with Gasteiger partial charge in [-0.3, -0.25) is 9.36 Å². The molecule has 1 atom stereocenters. The monoisotopic (exact) mass is 562 g/mol. The maximum absolute atomic E-state index is 14.5. The number of carbonyl (C=O) groups is 1. The molecule has 39 heavy (non-hydrogen) atoms. The van der Waals surface area contributed by atoms with Crippen molar-refractivity contribution in [2.75, 3.05) is 6.61 Å². The highest BCUT2D eigenvalue weighted by Gasteiger charge is 2.33. The van der Waals surface area contributed by atoms with Gasteiger partial charge >= 0.3 is 5.97 Å². The highest BCUT2D eigenvalue weighted by molar-refractivity contribution is 7.07. The number of aromatic nitrogens is 1. The van der Waals surface area contributed by atoms with E-state index in [4.69, 9.17) is 21.1 Å². The second-order valence-electron chi connectivity index (χ2n) is 8.78. The Kier molecular flexibility index (Phi) is 7.77. The van der Waals surface area contributed by atoms with E-state index in [0.717, 1.165) is 16.9 Å². The van der Waals surface area contributed by atoms with Gasteiger partial charge in [-0.25, -0.2) is 14.2 Å². The number of nitrogens with zero attached hydrogens (tertiary/aromatic N) is 2. The average Bonchev–Trinajstić information content (AvgIpc) is 3.24. The van der Waals surface area contributed by atoms with Crippen LogP contribution < -0.4 is 19.6 Å². The standard InChI is InChI=1S/C30H24ClFN2O4S/c1-3-37-21-14-12-20(13-15-21)27-26(29(36)38-17-19-8-5-4-6-9-19)18(2)33-30-34(27)28(35)25(39-30)16-22-23(31)10-7-11-24(22)32/h4-16,27H,3,17H2,1-2H3/b25-16-. The normalized spacial score (nSPS) is 15.1. The SMILES string of the molecule is CCOc1ccc(C2C(C(=O)OCc3ccccc3)=C(C)N=c3s/c(=C\c4c(F)cccc4Cl)c(=O)n32)cc1. The number of carbonyl (C=O) groups excluding carboxylic acids is 1. The molecule has 1 aromatic heterocycles. The summed E-state index contributed by atoms with van der Waals surface area (Å²) in [5.74, 6) is -0.458. The van der Waals surface area contributed by atoms with E-state index in [9.17, 15) is 14.0 Å². The second-order valence-corrected chi connectivity index (χ2v) is 10.2. The Morgan fingerprint density at radius 2 is 1.85 bits per heavy atom. The molecule has 1 unspecified atom stereocenters. The molecular weight excluding hydrogens is 539 g/mol. The lowest BCUT2D eigenvalue weighted by molar-refractivity contribution is -0.140. The minimum atomic E-state index is -0.807. The third-order valence-corrected chi connectivity index (χ3v) is 7.55. The molecule has 0 fully saturated rings. The van der Waals surface area contributed by atoms with Crippen molar-refractivity contribution in [2.24, 2.45) is 4.99 Å². The lowest BCUT2D eigenvalue weighted by Gasteiger charge is -2.25. The predicted molar refractivity (Wildman–Crippen MR) is 149 cm³/mol. The van der Waals surface area contributed by atoms with Crippen LogP contribution in [0.4, 0.5) is 4.39 Å². The molecule has 0 amide bonds. The van der Waals surface area contributed by atoms with Crippen molar-refractivity contribution in [3.8, 4) is 5.75 Å². The Hall–Kier alpha value is -4.01. The number of hydrogen-bond acceptors (Lipinski definition) is 6. The van der Waals surface area contributed by atoms with Crippen LogP contribution in [0, 0.1) is 5.82 Å². The Bertz CT molecular complexity index is 1720. The number of rotatable bonds is 7. The zero-order valence-electron chi connectivity index (χ0n) is 21.2. The summed E-state index contributed by atoms with van der Waals surface area (Å²) in [6.07, 6.45) is 1.42. The van der Waals surface area contributed by atoms with Gasteiger partial charge in [0.1, 0.15) is 18.2 Å². The fourth-order valence-electron chi connectivity index (χ4n) is 4.39. The number of hydrogen-bond donors (Lipinski definition) is 0. The molecule has 198 valence electrons. The van der Waals surface area contributed by atoms with E-state index in [1.807, 2.05) is 49.4 Å². The molecule has 9 heteroatoms. The summed E-state index contributed by atoms with van der Waals surface area (Å²) in [7, 11) is 0. The smallest absolute Gasteiger partial charge is 0.338 e. The minimum absolute atomic E-state index is 0.0721. The van der Waals surface area contributed by atoms with E-state index >= 15 is 0 Å². The topological polar surface area (TPSA) is 69.9 Å². The molecule has 0 saturated heterocycles. The first-order chi connectivity index (χ1) is 18.9. The fourth-order valence-corrected chi connectivity index (χ4v) is 5.64. The van der Waals surface area contributed by atoms with Crippen LogP contribution in [0.2, 0.25) is 5.02 Å². The van der Waals surface area contributed by atoms with Gasteiger partial charge in [-0.2, -0.15) is 0 Å². The van der Waals surface area contributed by atoms with Crippen molar-refractivity contribution < 1.29 is 18.7 Å². The average molecular weight is 563 g/mol. The van der Waals surface area contributed by atoms with Crippen LogP contribution in [0.15, 0.2) is 93.9 Å². The van der Waals surface area contributed by atoms with Crippen molar-refractivity contribution >= 4 is 35.0 Å². The van der Waals surface area contributed by atoms with Gasteiger partial charge in [0.15, 0.2) is 4.80 Å². The van der Waals surface area contributed by atoms with E-state index in [1.54, 1.807) is 25.1 Å². The number of allylic oxidation sites excluding steroid dienone is 1. The maximum atomic E-state index is 14.5. The zero-order valence-corrected chi connectivity index (χ0v) is 22.8. The summed E-state index contributed by atoms with van der Waals surface area (Å²) in [6.45, 7) is 4.18. The summed E-state index contributed by atoms with van der Waals surface area (Å²) < 4.78 is 27.5. The van der Waals surface area contributed by atoms with E-state index < -0.39 is 23.4 Å². The highest BCUT2D eigenvalue weighted by atomic mass is 35.5.